The van der Waals surface area contributed by atoms with Crippen molar-refractivity contribution in [2.45, 2.75) is 31.7 Å². The lowest BCUT2D eigenvalue weighted by Gasteiger charge is -2.34. The Kier molecular flexibility index (Phi) is 5.19. The minimum Gasteiger partial charge on any atom is -0.492 e. The van der Waals surface area contributed by atoms with Gasteiger partial charge in [0.15, 0.2) is 5.82 Å². The number of nitrogens with one attached hydrogen (secondary N) is 1. The van der Waals surface area contributed by atoms with Crippen LogP contribution in [0.3, 0.4) is 0 Å². The molecule has 0 spiro atoms. The summed E-state index contributed by atoms with van der Waals surface area (Å²) in [4.78, 5) is 15.3. The molecule has 3 aromatic heterocycles. The van der Waals surface area contributed by atoms with Crippen LogP contribution in [-0.2, 0) is 0 Å². The van der Waals surface area contributed by atoms with Gasteiger partial charge in [0.1, 0.15) is 22.3 Å². The van der Waals surface area contributed by atoms with Gasteiger partial charge in [-0.3, -0.25) is 4.57 Å². The fraction of sp³-hybridized carbons (Fsp3) is 0.333. The fourth-order valence-electron chi connectivity index (χ4n) is 3.25. The molecule has 4 rings (SSSR count). The predicted octanol–water partition coefficient (Wildman–Crippen LogP) is 3.96. The maximum atomic E-state index is 10.8. The van der Waals surface area contributed by atoms with Crippen LogP contribution in [0.1, 0.15) is 31.5 Å². The molecule has 28 heavy (non-hydrogen) atoms. The Morgan fingerprint density at radius 3 is 2.79 bits per heavy atom. The van der Waals surface area contributed by atoms with E-state index < -0.39 is 6.09 Å². The van der Waals surface area contributed by atoms with E-state index in [0.717, 1.165) is 10.8 Å². The number of carboxylic acid groups (broad SMARTS) is 1. The average molecular weight is 420 g/mol. The third-order valence-electron chi connectivity index (χ3n) is 4.57. The first-order valence-electron chi connectivity index (χ1n) is 8.85. The van der Waals surface area contributed by atoms with Gasteiger partial charge in [-0.1, -0.05) is 11.6 Å². The predicted molar refractivity (Wildman–Crippen MR) is 106 cm³/mol. The quantitative estimate of drug-likeness (QED) is 0.627. The van der Waals surface area contributed by atoms with Crippen LogP contribution in [0, 0.1) is 0 Å². The Balaban J connectivity index is 1.67. The molecule has 0 unspecified atom stereocenters. The maximum Gasteiger partial charge on any atom is 0.404 e. The molecule has 3 heterocycles. The summed E-state index contributed by atoms with van der Waals surface area (Å²) >= 11 is 7.58. The van der Waals surface area contributed by atoms with Gasteiger partial charge in [0.05, 0.1) is 17.1 Å². The molecular weight excluding hydrogens is 402 g/mol. The number of hydrogen-bond acceptors (Lipinski definition) is 6. The molecular formula is C18H18ClN5O3S. The first-order valence-corrected chi connectivity index (χ1v) is 10.0. The van der Waals surface area contributed by atoms with Gasteiger partial charge in [0.25, 0.3) is 0 Å². The zero-order valence-electron chi connectivity index (χ0n) is 15.0. The second kappa shape index (κ2) is 7.76. The van der Waals surface area contributed by atoms with E-state index in [-0.39, 0.29) is 12.0 Å². The number of carbonyl (C=O) groups is 1. The highest BCUT2D eigenvalue weighted by molar-refractivity contribution is 7.18. The third kappa shape index (κ3) is 3.67. The molecule has 0 aliphatic heterocycles. The van der Waals surface area contributed by atoms with Crippen molar-refractivity contribution in [3.05, 3.63) is 40.6 Å². The van der Waals surface area contributed by atoms with Crippen LogP contribution >= 0.6 is 22.9 Å². The smallest absolute Gasteiger partial charge is 0.404 e. The molecule has 2 N–H and O–H groups in total. The molecule has 10 heteroatoms. The Bertz CT molecular complexity index is 982. The number of ether oxygens (including phenoxy) is 1. The van der Waals surface area contributed by atoms with E-state index in [9.17, 15) is 4.79 Å². The van der Waals surface area contributed by atoms with Gasteiger partial charge in [-0.05, 0) is 44.0 Å². The monoisotopic (exact) mass is 419 g/mol. The number of amides is 1. The van der Waals surface area contributed by atoms with Crippen molar-refractivity contribution in [1.29, 1.82) is 0 Å². The SMILES string of the molecule is CCOc1ccc(-c2nnc(C3CC(NC(=O)O)C3)n2-c2ccc(Cl)s2)nc1. The summed E-state index contributed by atoms with van der Waals surface area (Å²) in [5, 5.41) is 21.1. The highest BCUT2D eigenvalue weighted by Gasteiger charge is 2.36. The van der Waals surface area contributed by atoms with E-state index in [1.54, 1.807) is 6.20 Å². The molecule has 3 aromatic rings. The minimum absolute atomic E-state index is 0.0633. The lowest BCUT2D eigenvalue weighted by molar-refractivity contribution is 0.176. The van der Waals surface area contributed by atoms with Crippen molar-refractivity contribution >= 4 is 29.0 Å². The van der Waals surface area contributed by atoms with Gasteiger partial charge in [-0.15, -0.1) is 21.5 Å². The summed E-state index contributed by atoms with van der Waals surface area (Å²) in [5.41, 5.74) is 0.672. The van der Waals surface area contributed by atoms with Gasteiger partial charge in [-0.2, -0.15) is 0 Å². The normalized spacial score (nSPS) is 18.5. The number of nitrogens with zero attached hydrogens (tertiary/aromatic N) is 4. The number of halogens is 1. The molecule has 8 nitrogen and oxygen atoms in total. The second-order valence-corrected chi connectivity index (χ2v) is 8.12. The van der Waals surface area contributed by atoms with Crippen molar-refractivity contribution in [2.24, 2.45) is 0 Å². The zero-order valence-corrected chi connectivity index (χ0v) is 16.6. The van der Waals surface area contributed by atoms with Gasteiger partial charge in [-0.25, -0.2) is 9.78 Å². The van der Waals surface area contributed by atoms with E-state index in [0.29, 0.717) is 41.1 Å². The number of thiophene rings is 1. The molecule has 0 atom stereocenters. The van der Waals surface area contributed by atoms with Crippen LogP contribution in [0.2, 0.25) is 4.34 Å². The van der Waals surface area contributed by atoms with Crippen molar-refractivity contribution in [3.8, 4) is 22.3 Å². The largest absolute Gasteiger partial charge is 0.492 e. The summed E-state index contributed by atoms with van der Waals surface area (Å²) in [5.74, 6) is 2.21. The van der Waals surface area contributed by atoms with Crippen molar-refractivity contribution in [2.75, 3.05) is 6.61 Å². The van der Waals surface area contributed by atoms with Crippen LogP contribution in [-0.4, -0.2) is 43.6 Å². The lowest BCUT2D eigenvalue weighted by atomic mass is 9.79. The van der Waals surface area contributed by atoms with Crippen molar-refractivity contribution in [3.63, 3.8) is 0 Å². The van der Waals surface area contributed by atoms with Crippen molar-refractivity contribution in [1.82, 2.24) is 25.1 Å². The Labute approximate surface area is 170 Å². The molecule has 1 fully saturated rings. The van der Waals surface area contributed by atoms with Crippen LogP contribution in [0.15, 0.2) is 30.5 Å². The number of pyridine rings is 1. The first-order chi connectivity index (χ1) is 13.5. The van der Waals surface area contributed by atoms with Crippen molar-refractivity contribution < 1.29 is 14.6 Å². The van der Waals surface area contributed by atoms with Gasteiger partial charge in [0.2, 0.25) is 0 Å². The van der Waals surface area contributed by atoms with E-state index >= 15 is 0 Å². The summed E-state index contributed by atoms with van der Waals surface area (Å²) in [6.07, 6.45) is 2.02. The molecule has 146 valence electrons. The topological polar surface area (TPSA) is 102 Å². The Hall–Kier alpha value is -2.65. The summed E-state index contributed by atoms with van der Waals surface area (Å²) in [6.45, 7) is 2.49. The van der Waals surface area contributed by atoms with Crippen LogP contribution in [0.5, 0.6) is 5.75 Å². The molecule has 0 saturated heterocycles. The van der Waals surface area contributed by atoms with Crippen LogP contribution in [0.25, 0.3) is 16.5 Å². The van der Waals surface area contributed by atoms with E-state index in [2.05, 4.69) is 20.5 Å². The van der Waals surface area contributed by atoms with Gasteiger partial charge >= 0.3 is 6.09 Å². The molecule has 0 bridgehead atoms. The highest BCUT2D eigenvalue weighted by atomic mass is 35.5. The number of hydrogen-bond donors (Lipinski definition) is 2. The molecule has 1 amide bonds. The molecule has 0 radical (unpaired) electrons. The highest BCUT2D eigenvalue weighted by Crippen LogP contribution is 2.39. The fourth-order valence-corrected chi connectivity index (χ4v) is 4.30. The van der Waals surface area contributed by atoms with Gasteiger partial charge in [0, 0.05) is 12.0 Å². The number of aromatic nitrogens is 4. The molecule has 1 aliphatic rings. The first kappa shape index (κ1) is 18.7. The van der Waals surface area contributed by atoms with Gasteiger partial charge < -0.3 is 15.2 Å². The van der Waals surface area contributed by atoms with Crippen LogP contribution in [0.4, 0.5) is 4.79 Å². The number of rotatable bonds is 6. The van der Waals surface area contributed by atoms with E-state index in [4.69, 9.17) is 21.4 Å². The summed E-state index contributed by atoms with van der Waals surface area (Å²) < 4.78 is 8.08. The Morgan fingerprint density at radius 2 is 2.18 bits per heavy atom. The molecule has 1 saturated carbocycles. The average Bonchev–Trinajstić information content (AvgIpc) is 3.24. The minimum atomic E-state index is -1.01. The third-order valence-corrected chi connectivity index (χ3v) is 5.79. The Morgan fingerprint density at radius 1 is 1.36 bits per heavy atom. The van der Waals surface area contributed by atoms with E-state index in [1.807, 2.05) is 35.8 Å². The maximum absolute atomic E-state index is 10.8. The summed E-state index contributed by atoms with van der Waals surface area (Å²) in [7, 11) is 0. The molecule has 0 aromatic carbocycles. The zero-order chi connectivity index (χ0) is 19.7. The standard InChI is InChI=1S/C18H18ClN5O3S/c1-2-27-12-3-4-13(20-9-12)17-23-22-16(10-7-11(8-10)21-18(25)26)24(17)15-6-5-14(19)28-15/h3-6,9-11,21H,2,7-8H2,1H3,(H,25,26). The lowest BCUT2D eigenvalue weighted by Crippen LogP contribution is -2.43. The van der Waals surface area contributed by atoms with Crippen LogP contribution < -0.4 is 10.1 Å². The molecule has 1 aliphatic carbocycles. The second-order valence-electron chi connectivity index (χ2n) is 6.42. The van der Waals surface area contributed by atoms with E-state index in [1.165, 1.54) is 11.3 Å². The summed E-state index contributed by atoms with van der Waals surface area (Å²) in [6, 6.07) is 7.38.